The molecule has 3 nitrogen and oxygen atoms in total. The zero-order valence-corrected chi connectivity index (χ0v) is 12.1. The number of carbonyl (C=O) groups is 1. The lowest BCUT2D eigenvalue weighted by atomic mass is 10.0. The number of ether oxygens (including phenoxy) is 1. The van der Waals surface area contributed by atoms with Crippen molar-refractivity contribution in [3.05, 3.63) is 0 Å². The molecule has 1 aliphatic carbocycles. The summed E-state index contributed by atoms with van der Waals surface area (Å²) in [6.07, 6.45) is 1.84. The second-order valence-electron chi connectivity index (χ2n) is 6.14. The lowest BCUT2D eigenvalue weighted by Gasteiger charge is -2.18. The summed E-state index contributed by atoms with van der Waals surface area (Å²) >= 11 is 0. The van der Waals surface area contributed by atoms with Crippen molar-refractivity contribution in [2.24, 2.45) is 10.8 Å². The predicted molar refractivity (Wildman–Crippen MR) is 69.8 cm³/mol. The molecule has 1 aliphatic rings. The third-order valence-corrected chi connectivity index (χ3v) is 4.54. The summed E-state index contributed by atoms with van der Waals surface area (Å²) in [5.74, 6) is -0.104. The first-order valence-electron chi connectivity index (χ1n) is 6.71. The standard InChI is InChI=1S/C14H27NO2/c1-7-9-10(11(16)17-8-2)15-12-13(3,4)14(12,5)6/h10,12,15H,7-9H2,1-6H3. The molecule has 1 unspecified atom stereocenters. The Morgan fingerprint density at radius 3 is 2.12 bits per heavy atom. The van der Waals surface area contributed by atoms with E-state index in [2.05, 4.69) is 39.9 Å². The first kappa shape index (κ1) is 14.5. The number of rotatable bonds is 6. The number of esters is 1. The Bertz CT molecular complexity index is 270. The number of hydrogen-bond donors (Lipinski definition) is 1. The van der Waals surface area contributed by atoms with Crippen molar-refractivity contribution in [1.82, 2.24) is 5.32 Å². The Morgan fingerprint density at radius 1 is 1.24 bits per heavy atom. The average Bonchev–Trinajstić information content (AvgIpc) is 2.60. The molecule has 0 spiro atoms. The van der Waals surface area contributed by atoms with Crippen LogP contribution in [-0.2, 0) is 9.53 Å². The van der Waals surface area contributed by atoms with Crippen LogP contribution in [0.15, 0.2) is 0 Å². The van der Waals surface area contributed by atoms with Crippen LogP contribution in [0.3, 0.4) is 0 Å². The van der Waals surface area contributed by atoms with Crippen molar-refractivity contribution >= 4 is 5.97 Å². The van der Waals surface area contributed by atoms with Gasteiger partial charge in [0.15, 0.2) is 0 Å². The molecule has 1 saturated carbocycles. The Labute approximate surface area is 105 Å². The fourth-order valence-electron chi connectivity index (χ4n) is 2.61. The highest BCUT2D eigenvalue weighted by Crippen LogP contribution is 2.62. The SMILES string of the molecule is CCCC(NC1C(C)(C)C1(C)C)C(=O)OCC. The molecule has 0 heterocycles. The van der Waals surface area contributed by atoms with E-state index in [1.165, 1.54) is 0 Å². The average molecular weight is 241 g/mol. The minimum absolute atomic E-state index is 0.104. The van der Waals surface area contributed by atoms with E-state index in [9.17, 15) is 4.79 Å². The van der Waals surface area contributed by atoms with Gasteiger partial charge in [-0.2, -0.15) is 0 Å². The Hall–Kier alpha value is -0.570. The molecule has 0 aromatic rings. The molecule has 100 valence electrons. The van der Waals surface area contributed by atoms with Crippen LogP contribution in [-0.4, -0.2) is 24.7 Å². The lowest BCUT2D eigenvalue weighted by molar-refractivity contribution is -0.146. The van der Waals surface area contributed by atoms with Crippen LogP contribution in [0, 0.1) is 10.8 Å². The van der Waals surface area contributed by atoms with Crippen LogP contribution in [0.1, 0.15) is 54.4 Å². The van der Waals surface area contributed by atoms with Gasteiger partial charge in [0.25, 0.3) is 0 Å². The van der Waals surface area contributed by atoms with Gasteiger partial charge in [0.05, 0.1) is 6.61 Å². The van der Waals surface area contributed by atoms with Crippen molar-refractivity contribution in [1.29, 1.82) is 0 Å². The van der Waals surface area contributed by atoms with Crippen LogP contribution >= 0.6 is 0 Å². The molecule has 0 aromatic carbocycles. The molecule has 1 fully saturated rings. The van der Waals surface area contributed by atoms with Crippen molar-refractivity contribution in [3.63, 3.8) is 0 Å². The minimum Gasteiger partial charge on any atom is -0.465 e. The number of hydrogen-bond acceptors (Lipinski definition) is 3. The van der Waals surface area contributed by atoms with Gasteiger partial charge in [0, 0.05) is 6.04 Å². The van der Waals surface area contributed by atoms with E-state index in [0.29, 0.717) is 12.6 Å². The lowest BCUT2D eigenvalue weighted by Crippen LogP contribution is -2.41. The van der Waals surface area contributed by atoms with Gasteiger partial charge in [0.1, 0.15) is 6.04 Å². The summed E-state index contributed by atoms with van der Waals surface area (Å²) < 4.78 is 5.12. The molecule has 1 atom stereocenters. The highest BCUT2D eigenvalue weighted by Gasteiger charge is 2.65. The van der Waals surface area contributed by atoms with Crippen LogP contribution in [0.25, 0.3) is 0 Å². The zero-order chi connectivity index (χ0) is 13.3. The summed E-state index contributed by atoms with van der Waals surface area (Å²) in [5.41, 5.74) is 0.511. The molecule has 0 radical (unpaired) electrons. The van der Waals surface area contributed by atoms with E-state index in [1.54, 1.807) is 0 Å². The molecule has 1 rings (SSSR count). The summed E-state index contributed by atoms with van der Waals surface area (Å²) in [6.45, 7) is 13.4. The maximum atomic E-state index is 11.8. The Balaban J connectivity index is 2.60. The number of nitrogens with one attached hydrogen (secondary N) is 1. The van der Waals surface area contributed by atoms with E-state index in [4.69, 9.17) is 4.74 Å². The van der Waals surface area contributed by atoms with Gasteiger partial charge in [0.2, 0.25) is 0 Å². The monoisotopic (exact) mass is 241 g/mol. The summed E-state index contributed by atoms with van der Waals surface area (Å²) in [7, 11) is 0. The highest BCUT2D eigenvalue weighted by molar-refractivity contribution is 5.75. The normalized spacial score (nSPS) is 23.2. The van der Waals surface area contributed by atoms with Gasteiger partial charge in [-0.15, -0.1) is 0 Å². The molecule has 17 heavy (non-hydrogen) atoms. The van der Waals surface area contributed by atoms with Gasteiger partial charge in [-0.3, -0.25) is 4.79 Å². The predicted octanol–water partition coefficient (Wildman–Crippen LogP) is 2.74. The maximum absolute atomic E-state index is 11.8. The molecule has 0 bridgehead atoms. The number of carbonyl (C=O) groups excluding carboxylic acids is 1. The largest absolute Gasteiger partial charge is 0.465 e. The van der Waals surface area contributed by atoms with E-state index < -0.39 is 0 Å². The second-order valence-corrected chi connectivity index (χ2v) is 6.14. The smallest absolute Gasteiger partial charge is 0.323 e. The molecule has 1 N–H and O–H groups in total. The third kappa shape index (κ3) is 2.65. The van der Waals surface area contributed by atoms with Crippen molar-refractivity contribution in [2.45, 2.75) is 66.5 Å². The van der Waals surface area contributed by atoms with Gasteiger partial charge >= 0.3 is 5.97 Å². The van der Waals surface area contributed by atoms with E-state index in [-0.39, 0.29) is 22.8 Å². The summed E-state index contributed by atoms with van der Waals surface area (Å²) in [5, 5.41) is 3.48. The van der Waals surface area contributed by atoms with Crippen molar-refractivity contribution < 1.29 is 9.53 Å². The molecular weight excluding hydrogens is 214 g/mol. The van der Waals surface area contributed by atoms with Crippen LogP contribution < -0.4 is 5.32 Å². The van der Waals surface area contributed by atoms with Crippen molar-refractivity contribution in [3.8, 4) is 0 Å². The van der Waals surface area contributed by atoms with Gasteiger partial charge in [-0.05, 0) is 24.2 Å². The quantitative estimate of drug-likeness (QED) is 0.727. The zero-order valence-electron chi connectivity index (χ0n) is 12.1. The first-order chi connectivity index (χ1) is 7.79. The minimum atomic E-state index is -0.147. The molecule has 0 aliphatic heterocycles. The topological polar surface area (TPSA) is 38.3 Å². The van der Waals surface area contributed by atoms with Crippen LogP contribution in [0.4, 0.5) is 0 Å². The molecule has 0 amide bonds. The van der Waals surface area contributed by atoms with E-state index in [0.717, 1.165) is 12.8 Å². The van der Waals surface area contributed by atoms with Crippen LogP contribution in [0.2, 0.25) is 0 Å². The Morgan fingerprint density at radius 2 is 1.76 bits per heavy atom. The van der Waals surface area contributed by atoms with Crippen LogP contribution in [0.5, 0.6) is 0 Å². The van der Waals surface area contributed by atoms with E-state index in [1.807, 2.05) is 6.92 Å². The van der Waals surface area contributed by atoms with Gasteiger partial charge in [-0.25, -0.2) is 0 Å². The molecule has 0 saturated heterocycles. The highest BCUT2D eigenvalue weighted by atomic mass is 16.5. The van der Waals surface area contributed by atoms with Gasteiger partial charge < -0.3 is 10.1 Å². The fourth-order valence-corrected chi connectivity index (χ4v) is 2.61. The molecule has 0 aromatic heterocycles. The molecular formula is C14H27NO2. The summed E-state index contributed by atoms with van der Waals surface area (Å²) in [6, 6.07) is 0.252. The summed E-state index contributed by atoms with van der Waals surface area (Å²) in [4.78, 5) is 11.8. The Kier molecular flexibility index (Phi) is 4.23. The van der Waals surface area contributed by atoms with Crippen molar-refractivity contribution in [2.75, 3.05) is 6.61 Å². The second kappa shape index (κ2) is 4.97. The molecule has 3 heteroatoms. The first-order valence-corrected chi connectivity index (χ1v) is 6.71. The fraction of sp³-hybridized carbons (Fsp3) is 0.929. The third-order valence-electron chi connectivity index (χ3n) is 4.54. The van der Waals surface area contributed by atoms with E-state index >= 15 is 0 Å². The maximum Gasteiger partial charge on any atom is 0.323 e. The van der Waals surface area contributed by atoms with Gasteiger partial charge in [-0.1, -0.05) is 41.0 Å².